The number of hydrogen-bond acceptors (Lipinski definition) is 6. The van der Waals surface area contributed by atoms with Crippen molar-refractivity contribution in [3.63, 3.8) is 0 Å². The van der Waals surface area contributed by atoms with E-state index in [1.54, 1.807) is 7.11 Å². The fraction of sp³-hybridized carbons (Fsp3) is 1.00. The molecular formula is C16H27BO6. The Balaban J connectivity index is 1.56. The molecule has 0 radical (unpaired) electrons. The lowest BCUT2D eigenvalue weighted by Gasteiger charge is -2.32. The summed E-state index contributed by atoms with van der Waals surface area (Å²) in [5, 5.41) is 0. The topological polar surface area (TPSA) is 55.4 Å². The molecule has 0 aromatic rings. The van der Waals surface area contributed by atoms with Crippen molar-refractivity contribution in [2.75, 3.05) is 7.11 Å². The summed E-state index contributed by atoms with van der Waals surface area (Å²) in [6.45, 7) is 12.1. The van der Waals surface area contributed by atoms with Crippen LogP contribution in [-0.4, -0.2) is 55.3 Å². The molecule has 2 unspecified atom stereocenters. The third-order valence-electron chi connectivity index (χ3n) is 6.05. The summed E-state index contributed by atoms with van der Waals surface area (Å²) < 4.78 is 36.2. The monoisotopic (exact) mass is 326 g/mol. The number of fused-ring (bicyclic) bond motifs is 2. The Morgan fingerprint density at radius 1 is 0.913 bits per heavy atom. The highest BCUT2D eigenvalue weighted by Crippen LogP contribution is 2.66. The van der Waals surface area contributed by atoms with Crippen LogP contribution in [0, 0.1) is 0 Å². The molecule has 6 nitrogen and oxygen atoms in total. The zero-order valence-electron chi connectivity index (χ0n) is 15.0. The van der Waals surface area contributed by atoms with Crippen LogP contribution in [0.5, 0.6) is 0 Å². The van der Waals surface area contributed by atoms with E-state index in [0.29, 0.717) is 0 Å². The molecule has 130 valence electrons. The van der Waals surface area contributed by atoms with Gasteiger partial charge in [0.25, 0.3) is 0 Å². The lowest BCUT2D eigenvalue weighted by atomic mass is 9.78. The minimum absolute atomic E-state index is 0.133. The summed E-state index contributed by atoms with van der Waals surface area (Å²) in [6.07, 6.45) is 0.0766. The average molecular weight is 326 g/mol. The van der Waals surface area contributed by atoms with Crippen LogP contribution in [0.25, 0.3) is 0 Å². The highest BCUT2D eigenvalue weighted by atomic mass is 16.8. The van der Waals surface area contributed by atoms with Crippen molar-refractivity contribution in [1.82, 2.24) is 0 Å². The molecular weight excluding hydrogens is 299 g/mol. The average Bonchev–Trinajstić information content (AvgIpc) is 2.86. The van der Waals surface area contributed by atoms with Crippen LogP contribution in [0.15, 0.2) is 0 Å². The molecule has 0 N–H and O–H groups in total. The molecule has 4 rings (SSSR count). The molecule has 23 heavy (non-hydrogen) atoms. The normalized spacial score (nSPS) is 48.9. The zero-order chi connectivity index (χ0) is 16.8. The van der Waals surface area contributed by atoms with Gasteiger partial charge >= 0.3 is 7.12 Å². The standard InChI is InChI=1S/C16H27BO6/c1-13(2)14(3,4)23-17(22-13)9-8-16(9)11-10(12(18-7)21-16)19-15(5,6)20-11/h9-12H,8H2,1-7H3/t9-,10?,11?,12+,16+/m0/s1. The van der Waals surface area contributed by atoms with E-state index in [4.69, 9.17) is 28.3 Å². The fourth-order valence-corrected chi connectivity index (χ4v) is 4.03. The van der Waals surface area contributed by atoms with Crippen molar-refractivity contribution < 1.29 is 28.3 Å². The summed E-state index contributed by atoms with van der Waals surface area (Å²) >= 11 is 0. The highest BCUT2D eigenvalue weighted by Gasteiger charge is 2.78. The molecule has 3 heterocycles. The maximum atomic E-state index is 6.20. The molecule has 4 fully saturated rings. The second kappa shape index (κ2) is 4.51. The first-order chi connectivity index (χ1) is 10.5. The predicted octanol–water partition coefficient (Wildman–Crippen LogP) is 2.11. The number of methoxy groups -OCH3 is 1. The van der Waals surface area contributed by atoms with Crippen molar-refractivity contribution >= 4 is 7.12 Å². The first kappa shape index (κ1) is 16.3. The zero-order valence-corrected chi connectivity index (χ0v) is 15.0. The van der Waals surface area contributed by atoms with Gasteiger partial charge in [0.05, 0.1) is 11.2 Å². The van der Waals surface area contributed by atoms with E-state index in [1.807, 2.05) is 13.8 Å². The Morgan fingerprint density at radius 2 is 1.52 bits per heavy atom. The van der Waals surface area contributed by atoms with Gasteiger partial charge < -0.3 is 28.3 Å². The molecule has 1 saturated carbocycles. The Morgan fingerprint density at radius 3 is 2.09 bits per heavy atom. The van der Waals surface area contributed by atoms with Crippen molar-refractivity contribution in [1.29, 1.82) is 0 Å². The van der Waals surface area contributed by atoms with Gasteiger partial charge in [0, 0.05) is 12.9 Å². The predicted molar refractivity (Wildman–Crippen MR) is 82.9 cm³/mol. The quantitative estimate of drug-likeness (QED) is 0.725. The van der Waals surface area contributed by atoms with Gasteiger partial charge in [0.2, 0.25) is 0 Å². The molecule has 5 atom stereocenters. The fourth-order valence-electron chi connectivity index (χ4n) is 4.03. The molecule has 1 spiro atoms. The lowest BCUT2D eigenvalue weighted by Crippen LogP contribution is -2.41. The Labute approximate surface area is 138 Å². The smallest absolute Gasteiger partial charge is 0.403 e. The summed E-state index contributed by atoms with van der Waals surface area (Å²) in [7, 11) is 1.35. The van der Waals surface area contributed by atoms with Gasteiger partial charge in [-0.05, 0) is 48.0 Å². The van der Waals surface area contributed by atoms with Crippen molar-refractivity contribution in [3.05, 3.63) is 0 Å². The van der Waals surface area contributed by atoms with Gasteiger partial charge in [0.15, 0.2) is 12.1 Å². The van der Waals surface area contributed by atoms with E-state index in [1.165, 1.54) is 0 Å². The van der Waals surface area contributed by atoms with Crippen LogP contribution >= 0.6 is 0 Å². The van der Waals surface area contributed by atoms with Gasteiger partial charge in [-0.25, -0.2) is 0 Å². The molecule has 0 aromatic carbocycles. The van der Waals surface area contributed by atoms with Crippen LogP contribution in [0.1, 0.15) is 48.0 Å². The van der Waals surface area contributed by atoms with Crippen LogP contribution in [0.4, 0.5) is 0 Å². The number of hydrogen-bond donors (Lipinski definition) is 0. The Hall–Kier alpha value is -0.175. The highest BCUT2D eigenvalue weighted by molar-refractivity contribution is 6.49. The van der Waals surface area contributed by atoms with Gasteiger partial charge in [-0.3, -0.25) is 0 Å². The molecule has 7 heteroatoms. The van der Waals surface area contributed by atoms with E-state index in [0.717, 1.165) is 6.42 Å². The molecule has 0 amide bonds. The minimum atomic E-state index is -0.619. The van der Waals surface area contributed by atoms with Crippen LogP contribution in [-0.2, 0) is 28.3 Å². The van der Waals surface area contributed by atoms with Gasteiger partial charge in [0.1, 0.15) is 17.8 Å². The van der Waals surface area contributed by atoms with Crippen molar-refractivity contribution in [3.8, 4) is 0 Å². The summed E-state index contributed by atoms with van der Waals surface area (Å²) in [5.74, 6) is -0.486. The van der Waals surface area contributed by atoms with Crippen LogP contribution < -0.4 is 0 Å². The van der Waals surface area contributed by atoms with E-state index < -0.39 is 17.7 Å². The SMILES string of the molecule is CO[C@@H]1O[C@@]2(C[C@@H]2B2OC(C)(C)C(C)(C)O2)C2OC(C)(C)OC21. The van der Waals surface area contributed by atoms with E-state index in [-0.39, 0.29) is 36.3 Å². The summed E-state index contributed by atoms with van der Waals surface area (Å²) in [4.78, 5) is 0. The first-order valence-electron chi connectivity index (χ1n) is 8.43. The van der Waals surface area contributed by atoms with E-state index in [2.05, 4.69) is 27.7 Å². The third-order valence-corrected chi connectivity index (χ3v) is 6.05. The number of rotatable bonds is 2. The second-order valence-electron chi connectivity index (χ2n) is 8.63. The number of ether oxygens (including phenoxy) is 4. The first-order valence-corrected chi connectivity index (χ1v) is 8.43. The Kier molecular flexibility index (Phi) is 3.19. The minimum Gasteiger partial charge on any atom is -0.403 e. The summed E-state index contributed by atoms with van der Waals surface area (Å²) in [5.41, 5.74) is -1.11. The maximum Gasteiger partial charge on any atom is 0.464 e. The van der Waals surface area contributed by atoms with Crippen molar-refractivity contribution in [2.24, 2.45) is 0 Å². The Bertz CT molecular complexity index is 505. The van der Waals surface area contributed by atoms with E-state index >= 15 is 0 Å². The van der Waals surface area contributed by atoms with Crippen molar-refractivity contribution in [2.45, 2.75) is 94.9 Å². The second-order valence-corrected chi connectivity index (χ2v) is 8.63. The maximum absolute atomic E-state index is 6.20. The van der Waals surface area contributed by atoms with E-state index in [9.17, 15) is 0 Å². The molecule has 1 aliphatic carbocycles. The van der Waals surface area contributed by atoms with Crippen LogP contribution in [0.3, 0.4) is 0 Å². The molecule has 3 saturated heterocycles. The molecule has 4 aliphatic rings. The molecule has 3 aliphatic heterocycles. The largest absolute Gasteiger partial charge is 0.464 e. The van der Waals surface area contributed by atoms with Crippen LogP contribution in [0.2, 0.25) is 5.82 Å². The third kappa shape index (κ3) is 2.17. The molecule has 0 bridgehead atoms. The van der Waals surface area contributed by atoms with Gasteiger partial charge in [-0.2, -0.15) is 0 Å². The van der Waals surface area contributed by atoms with Gasteiger partial charge in [-0.15, -0.1) is 0 Å². The lowest BCUT2D eigenvalue weighted by molar-refractivity contribution is -0.232. The van der Waals surface area contributed by atoms with Gasteiger partial charge in [-0.1, -0.05) is 0 Å². The molecule has 0 aromatic heterocycles. The summed E-state index contributed by atoms with van der Waals surface area (Å²) in [6, 6.07) is 0.